The predicted octanol–water partition coefficient (Wildman–Crippen LogP) is 4.78. The van der Waals surface area contributed by atoms with Crippen LogP contribution in [0.15, 0.2) is 46.6 Å². The number of hydrogen-bond donors (Lipinski definition) is 0. The van der Waals surface area contributed by atoms with Gasteiger partial charge in [0.1, 0.15) is 5.56 Å². The summed E-state index contributed by atoms with van der Waals surface area (Å²) in [5.41, 5.74) is 1.33. The molecule has 0 unspecified atom stereocenters. The van der Waals surface area contributed by atoms with Gasteiger partial charge in [-0.05, 0) is 43.2 Å². The van der Waals surface area contributed by atoms with Crippen LogP contribution in [-0.4, -0.2) is 54.1 Å². The lowest BCUT2D eigenvalue weighted by molar-refractivity contribution is 0.0523. The van der Waals surface area contributed by atoms with Gasteiger partial charge in [-0.3, -0.25) is 9.59 Å². The fourth-order valence-electron chi connectivity index (χ4n) is 5.60. The standard InChI is InChI=1S/C28H33N3O4S/c1-2-35-28(34)24-25(29-14-16-30(17-15-29)26(32)23-13-8-18-36-23)21-11-6-7-12-22(21)31(27(24)33)19-20-9-4-3-5-10-20/h6-8,11-13,18,20H,2-5,9-10,14-17,19H2,1H3. The third kappa shape index (κ3) is 4.78. The average molecular weight is 508 g/mol. The highest BCUT2D eigenvalue weighted by Crippen LogP contribution is 2.32. The molecule has 1 saturated carbocycles. The topological polar surface area (TPSA) is 71.8 Å². The average Bonchev–Trinajstić information content (AvgIpc) is 3.45. The van der Waals surface area contributed by atoms with Gasteiger partial charge < -0.3 is 19.1 Å². The quantitative estimate of drug-likeness (QED) is 0.449. The molecule has 0 spiro atoms. The molecule has 2 fully saturated rings. The molecule has 36 heavy (non-hydrogen) atoms. The van der Waals surface area contributed by atoms with E-state index >= 15 is 0 Å². The minimum atomic E-state index is -0.572. The number of anilines is 1. The molecule has 0 radical (unpaired) electrons. The van der Waals surface area contributed by atoms with E-state index < -0.39 is 5.97 Å². The number of aromatic nitrogens is 1. The largest absolute Gasteiger partial charge is 0.462 e. The Morgan fingerprint density at radius 2 is 1.75 bits per heavy atom. The fourth-order valence-corrected chi connectivity index (χ4v) is 6.29. The Morgan fingerprint density at radius 3 is 2.44 bits per heavy atom. The van der Waals surface area contributed by atoms with Gasteiger partial charge in [0.25, 0.3) is 11.5 Å². The first-order valence-electron chi connectivity index (χ1n) is 13.0. The first-order chi connectivity index (χ1) is 17.6. The predicted molar refractivity (Wildman–Crippen MR) is 143 cm³/mol. The number of thiophene rings is 1. The molecule has 3 aromatic rings. The Balaban J connectivity index is 1.53. The van der Waals surface area contributed by atoms with Crippen molar-refractivity contribution in [3.05, 3.63) is 62.6 Å². The molecule has 1 aromatic carbocycles. The van der Waals surface area contributed by atoms with Gasteiger partial charge in [0.2, 0.25) is 0 Å². The normalized spacial score (nSPS) is 16.9. The highest BCUT2D eigenvalue weighted by atomic mass is 32.1. The molecule has 1 aliphatic carbocycles. The van der Waals surface area contributed by atoms with Crippen molar-refractivity contribution in [1.82, 2.24) is 9.47 Å². The third-order valence-corrected chi connectivity index (χ3v) is 8.26. The molecule has 0 atom stereocenters. The van der Waals surface area contributed by atoms with Crippen LogP contribution in [0.2, 0.25) is 0 Å². The lowest BCUT2D eigenvalue weighted by Gasteiger charge is -2.37. The van der Waals surface area contributed by atoms with Crippen molar-refractivity contribution in [3.63, 3.8) is 0 Å². The van der Waals surface area contributed by atoms with Crippen LogP contribution in [0.1, 0.15) is 59.1 Å². The molecule has 2 aromatic heterocycles. The highest BCUT2D eigenvalue weighted by Gasteiger charge is 2.31. The minimum absolute atomic E-state index is 0.0306. The van der Waals surface area contributed by atoms with E-state index in [0.717, 1.165) is 28.6 Å². The number of amides is 1. The molecule has 8 heteroatoms. The molecule has 190 valence electrons. The van der Waals surface area contributed by atoms with Crippen molar-refractivity contribution in [1.29, 1.82) is 0 Å². The van der Waals surface area contributed by atoms with Crippen LogP contribution in [-0.2, 0) is 11.3 Å². The number of benzene rings is 1. The molecule has 1 saturated heterocycles. The van der Waals surface area contributed by atoms with Crippen molar-refractivity contribution >= 4 is 39.8 Å². The lowest BCUT2D eigenvalue weighted by atomic mass is 9.89. The Kier molecular flexibility index (Phi) is 7.41. The number of ether oxygens (including phenoxy) is 1. The minimum Gasteiger partial charge on any atom is -0.462 e. The van der Waals surface area contributed by atoms with Gasteiger partial charge in [0, 0.05) is 38.1 Å². The van der Waals surface area contributed by atoms with E-state index in [9.17, 15) is 14.4 Å². The van der Waals surface area contributed by atoms with E-state index in [2.05, 4.69) is 4.90 Å². The molecule has 1 amide bonds. The number of rotatable bonds is 6. The van der Waals surface area contributed by atoms with Crippen LogP contribution in [0.4, 0.5) is 5.69 Å². The van der Waals surface area contributed by atoms with Crippen LogP contribution in [0, 0.1) is 5.92 Å². The Labute approximate surface area is 215 Å². The summed E-state index contributed by atoms with van der Waals surface area (Å²) < 4.78 is 7.20. The first kappa shape index (κ1) is 24.6. The van der Waals surface area contributed by atoms with Crippen LogP contribution >= 0.6 is 11.3 Å². The Hall–Kier alpha value is -3.13. The zero-order valence-corrected chi connectivity index (χ0v) is 21.6. The second-order valence-electron chi connectivity index (χ2n) is 9.64. The number of para-hydroxylation sites is 1. The Bertz CT molecular complexity index is 1290. The maximum absolute atomic E-state index is 13.9. The number of piperazine rings is 1. The van der Waals surface area contributed by atoms with E-state index in [4.69, 9.17) is 4.74 Å². The number of hydrogen-bond acceptors (Lipinski definition) is 6. The summed E-state index contributed by atoms with van der Waals surface area (Å²) in [6, 6.07) is 11.6. The molecular weight excluding hydrogens is 474 g/mol. The summed E-state index contributed by atoms with van der Waals surface area (Å²) in [4.78, 5) is 44.7. The molecule has 5 rings (SSSR count). The summed E-state index contributed by atoms with van der Waals surface area (Å²) >= 11 is 1.44. The van der Waals surface area contributed by atoms with Gasteiger partial charge in [-0.2, -0.15) is 0 Å². The van der Waals surface area contributed by atoms with Gasteiger partial charge in [-0.1, -0.05) is 43.5 Å². The van der Waals surface area contributed by atoms with E-state index in [1.54, 1.807) is 11.5 Å². The van der Waals surface area contributed by atoms with Crippen LogP contribution in [0.25, 0.3) is 10.9 Å². The molecule has 2 aliphatic rings. The second-order valence-corrected chi connectivity index (χ2v) is 10.6. The monoisotopic (exact) mass is 507 g/mol. The highest BCUT2D eigenvalue weighted by molar-refractivity contribution is 7.12. The van der Waals surface area contributed by atoms with Crippen molar-refractivity contribution in [2.24, 2.45) is 5.92 Å². The fraction of sp³-hybridized carbons (Fsp3) is 0.464. The summed E-state index contributed by atoms with van der Waals surface area (Å²) in [7, 11) is 0. The van der Waals surface area contributed by atoms with Crippen LogP contribution < -0.4 is 10.5 Å². The number of carbonyl (C=O) groups is 2. The third-order valence-electron chi connectivity index (χ3n) is 7.41. The lowest BCUT2D eigenvalue weighted by Crippen LogP contribution is -2.49. The molecule has 1 aliphatic heterocycles. The summed E-state index contributed by atoms with van der Waals surface area (Å²) in [6.07, 6.45) is 5.85. The van der Waals surface area contributed by atoms with Gasteiger partial charge in [-0.15, -0.1) is 11.3 Å². The van der Waals surface area contributed by atoms with E-state index in [1.165, 1.54) is 30.6 Å². The number of fused-ring (bicyclic) bond motifs is 1. The molecule has 3 heterocycles. The van der Waals surface area contributed by atoms with Crippen LogP contribution in [0.5, 0.6) is 0 Å². The number of pyridine rings is 1. The van der Waals surface area contributed by atoms with E-state index in [1.807, 2.05) is 46.7 Å². The summed E-state index contributed by atoms with van der Waals surface area (Å²) in [5, 5.41) is 2.79. The number of nitrogens with zero attached hydrogens (tertiary/aromatic N) is 3. The van der Waals surface area contributed by atoms with Gasteiger partial charge in [-0.25, -0.2) is 4.79 Å². The van der Waals surface area contributed by atoms with Gasteiger partial charge in [0.05, 0.1) is 22.7 Å². The molecule has 0 bridgehead atoms. The van der Waals surface area contributed by atoms with E-state index in [-0.39, 0.29) is 23.6 Å². The zero-order valence-electron chi connectivity index (χ0n) is 20.8. The number of carbonyl (C=O) groups excluding carboxylic acids is 2. The SMILES string of the molecule is CCOC(=O)c1c(N2CCN(C(=O)c3cccs3)CC2)c2ccccc2n(CC2CCCCC2)c1=O. The maximum atomic E-state index is 13.9. The summed E-state index contributed by atoms with van der Waals surface area (Å²) in [5.74, 6) is -0.103. The zero-order chi connectivity index (χ0) is 25.1. The van der Waals surface area contributed by atoms with E-state index in [0.29, 0.717) is 44.3 Å². The molecule has 7 nitrogen and oxygen atoms in total. The maximum Gasteiger partial charge on any atom is 0.345 e. The van der Waals surface area contributed by atoms with Crippen molar-refractivity contribution in [3.8, 4) is 0 Å². The van der Waals surface area contributed by atoms with Crippen molar-refractivity contribution in [2.75, 3.05) is 37.7 Å². The van der Waals surface area contributed by atoms with Crippen LogP contribution in [0.3, 0.4) is 0 Å². The van der Waals surface area contributed by atoms with Gasteiger partial charge in [0.15, 0.2) is 0 Å². The second kappa shape index (κ2) is 10.9. The van der Waals surface area contributed by atoms with Crippen molar-refractivity contribution < 1.29 is 14.3 Å². The molecule has 0 N–H and O–H groups in total. The molecular formula is C28H33N3O4S. The van der Waals surface area contributed by atoms with Crippen molar-refractivity contribution in [2.45, 2.75) is 45.6 Å². The first-order valence-corrected chi connectivity index (χ1v) is 13.9. The number of esters is 1. The smallest absolute Gasteiger partial charge is 0.345 e. The Morgan fingerprint density at radius 1 is 1.00 bits per heavy atom. The summed E-state index contributed by atoms with van der Waals surface area (Å²) in [6.45, 7) is 4.72. The van der Waals surface area contributed by atoms with Gasteiger partial charge >= 0.3 is 5.97 Å².